The normalized spacial score (nSPS) is 26.2. The maximum atomic E-state index is 10.9. The summed E-state index contributed by atoms with van der Waals surface area (Å²) in [6.45, 7) is 4.14. The zero-order valence-electron chi connectivity index (χ0n) is 12.4. The van der Waals surface area contributed by atoms with E-state index in [2.05, 4.69) is 37.3 Å². The van der Waals surface area contributed by atoms with Gasteiger partial charge in [0.15, 0.2) is 0 Å². The average molecular weight is 280 g/mol. The molecule has 0 heterocycles. The minimum Gasteiger partial charge on any atom is -0.388 e. The van der Waals surface area contributed by atoms with Gasteiger partial charge in [0.1, 0.15) is 0 Å². The van der Waals surface area contributed by atoms with Gasteiger partial charge in [-0.05, 0) is 53.6 Å². The quantitative estimate of drug-likeness (QED) is 0.777. The zero-order valence-corrected chi connectivity index (χ0v) is 12.4. The molecule has 0 aromatic heterocycles. The molecule has 4 bridgehead atoms. The lowest BCUT2D eigenvalue weighted by molar-refractivity contribution is 0.137. The van der Waals surface area contributed by atoms with Crippen LogP contribution in [0, 0.1) is 13.8 Å². The van der Waals surface area contributed by atoms with E-state index in [4.69, 9.17) is 0 Å². The van der Waals surface area contributed by atoms with Crippen LogP contribution in [0.3, 0.4) is 0 Å². The van der Waals surface area contributed by atoms with Crippen LogP contribution in [-0.4, -0.2) is 10.2 Å². The summed E-state index contributed by atoms with van der Waals surface area (Å²) in [5.41, 5.74) is 7.91. The predicted octanol–water partition coefficient (Wildman–Crippen LogP) is 3.27. The Morgan fingerprint density at radius 2 is 1.76 bits per heavy atom. The van der Waals surface area contributed by atoms with Gasteiger partial charge in [-0.25, -0.2) is 0 Å². The maximum absolute atomic E-state index is 10.9. The first-order valence-electron chi connectivity index (χ1n) is 7.64. The number of aliphatic hydroxyl groups is 2. The van der Waals surface area contributed by atoms with E-state index in [9.17, 15) is 10.2 Å². The Bertz CT molecular complexity index is 733. The van der Waals surface area contributed by atoms with Gasteiger partial charge < -0.3 is 10.2 Å². The molecule has 0 fully saturated rings. The summed E-state index contributed by atoms with van der Waals surface area (Å²) in [5, 5.41) is 21.6. The van der Waals surface area contributed by atoms with Crippen molar-refractivity contribution in [2.45, 2.75) is 44.8 Å². The van der Waals surface area contributed by atoms with Crippen LogP contribution < -0.4 is 0 Å². The number of hydrogen-bond acceptors (Lipinski definition) is 2. The molecule has 2 aliphatic carbocycles. The van der Waals surface area contributed by atoms with Crippen LogP contribution in [-0.2, 0) is 12.8 Å². The third-order valence-corrected chi connectivity index (χ3v) is 5.20. The Hall–Kier alpha value is -1.64. The lowest BCUT2D eigenvalue weighted by Crippen LogP contribution is -2.16. The van der Waals surface area contributed by atoms with Crippen LogP contribution in [0.4, 0.5) is 0 Å². The zero-order chi connectivity index (χ0) is 14.7. The number of fused-ring (bicyclic) bond motifs is 1. The molecule has 2 N–H and O–H groups in total. The van der Waals surface area contributed by atoms with E-state index in [1.54, 1.807) is 0 Å². The van der Waals surface area contributed by atoms with Gasteiger partial charge in [-0.1, -0.05) is 35.9 Å². The first kappa shape index (κ1) is 13.1. The average Bonchev–Trinajstić information content (AvgIpc) is 2.78. The predicted molar refractivity (Wildman–Crippen MR) is 82.4 cm³/mol. The second kappa shape index (κ2) is 4.43. The third kappa shape index (κ3) is 1.79. The molecule has 2 nitrogen and oxygen atoms in total. The van der Waals surface area contributed by atoms with Crippen molar-refractivity contribution in [1.82, 2.24) is 0 Å². The lowest BCUT2D eigenvalue weighted by atomic mass is 9.83. The molecule has 108 valence electrons. The topological polar surface area (TPSA) is 40.5 Å². The highest BCUT2D eigenvalue weighted by atomic mass is 16.3. The number of hydrogen-bond donors (Lipinski definition) is 2. The van der Waals surface area contributed by atoms with Gasteiger partial charge in [0.05, 0.1) is 12.2 Å². The Morgan fingerprint density at radius 3 is 2.57 bits per heavy atom. The standard InChI is InChI=1S/C19H20O2/c1-10-3-5-12-8-17(20)18-13-6-4-11(2)14(18)9-16(13)19(21)15(12)7-10/h3-7,16-17,19-21H,8-9H2,1-2H3. The third-order valence-electron chi connectivity index (χ3n) is 5.20. The van der Waals surface area contributed by atoms with Crippen molar-refractivity contribution in [2.75, 3.05) is 0 Å². The summed E-state index contributed by atoms with van der Waals surface area (Å²) in [4.78, 5) is 0. The van der Waals surface area contributed by atoms with E-state index in [0.29, 0.717) is 6.42 Å². The molecule has 3 unspecified atom stereocenters. The minimum atomic E-state index is -0.481. The van der Waals surface area contributed by atoms with Crippen LogP contribution >= 0.6 is 0 Å². The van der Waals surface area contributed by atoms with Gasteiger partial charge in [0, 0.05) is 12.3 Å². The molecule has 2 aromatic carbocycles. The second-order valence-electron chi connectivity index (χ2n) is 6.54. The van der Waals surface area contributed by atoms with E-state index >= 15 is 0 Å². The van der Waals surface area contributed by atoms with Crippen molar-refractivity contribution in [3.63, 3.8) is 0 Å². The summed E-state index contributed by atoms with van der Waals surface area (Å²) >= 11 is 0. The largest absolute Gasteiger partial charge is 0.388 e. The fraction of sp³-hybridized carbons (Fsp3) is 0.368. The molecule has 2 aliphatic rings. The van der Waals surface area contributed by atoms with E-state index in [1.807, 2.05) is 6.92 Å². The van der Waals surface area contributed by atoms with Gasteiger partial charge in [0.25, 0.3) is 0 Å². The minimum absolute atomic E-state index is 0.0826. The van der Waals surface area contributed by atoms with Gasteiger partial charge in [-0.2, -0.15) is 0 Å². The van der Waals surface area contributed by atoms with Gasteiger partial charge in [0.2, 0.25) is 0 Å². The first-order chi connectivity index (χ1) is 10.1. The monoisotopic (exact) mass is 280 g/mol. The van der Waals surface area contributed by atoms with Crippen LogP contribution in [0.1, 0.15) is 57.1 Å². The molecular formula is C19H20O2. The molecule has 2 aromatic rings. The van der Waals surface area contributed by atoms with E-state index in [0.717, 1.165) is 34.2 Å². The van der Waals surface area contributed by atoms with Gasteiger partial charge >= 0.3 is 0 Å². The molecule has 0 saturated heterocycles. The van der Waals surface area contributed by atoms with Gasteiger partial charge in [-0.3, -0.25) is 0 Å². The summed E-state index contributed by atoms with van der Waals surface area (Å²) < 4.78 is 0. The van der Waals surface area contributed by atoms with Crippen molar-refractivity contribution in [3.05, 3.63) is 69.3 Å². The summed E-state index contributed by atoms with van der Waals surface area (Å²) in [7, 11) is 0. The molecule has 2 heteroatoms. The molecule has 0 spiro atoms. The smallest absolute Gasteiger partial charge is 0.0864 e. The van der Waals surface area contributed by atoms with Gasteiger partial charge in [-0.15, -0.1) is 0 Å². The molecule has 21 heavy (non-hydrogen) atoms. The first-order valence-corrected chi connectivity index (χ1v) is 7.64. The van der Waals surface area contributed by atoms with Crippen LogP contribution in [0.5, 0.6) is 0 Å². The Kier molecular flexibility index (Phi) is 2.75. The molecule has 0 aliphatic heterocycles. The highest BCUT2D eigenvalue weighted by molar-refractivity contribution is 5.53. The van der Waals surface area contributed by atoms with Crippen molar-refractivity contribution in [1.29, 1.82) is 0 Å². The summed E-state index contributed by atoms with van der Waals surface area (Å²) in [5.74, 6) is 0.0826. The van der Waals surface area contributed by atoms with Crippen molar-refractivity contribution < 1.29 is 10.2 Å². The van der Waals surface area contributed by atoms with Crippen molar-refractivity contribution in [2.24, 2.45) is 0 Å². The fourth-order valence-corrected chi connectivity index (χ4v) is 4.09. The van der Waals surface area contributed by atoms with Crippen LogP contribution in [0.2, 0.25) is 0 Å². The molecular weight excluding hydrogens is 260 g/mol. The molecule has 0 saturated carbocycles. The number of benzene rings is 2. The number of aliphatic hydroxyl groups excluding tert-OH is 2. The van der Waals surface area contributed by atoms with Crippen molar-refractivity contribution in [3.8, 4) is 0 Å². The Balaban J connectivity index is 1.93. The highest BCUT2D eigenvalue weighted by Gasteiger charge is 2.38. The van der Waals surface area contributed by atoms with Crippen LogP contribution in [0.15, 0.2) is 30.3 Å². The molecule has 4 rings (SSSR count). The lowest BCUT2D eigenvalue weighted by Gasteiger charge is -2.26. The highest BCUT2D eigenvalue weighted by Crippen LogP contribution is 2.49. The molecule has 3 atom stereocenters. The summed E-state index contributed by atoms with van der Waals surface area (Å²) in [6, 6.07) is 10.4. The maximum Gasteiger partial charge on any atom is 0.0864 e. The fourth-order valence-electron chi connectivity index (χ4n) is 4.09. The van der Waals surface area contributed by atoms with E-state index in [1.165, 1.54) is 11.1 Å². The molecule has 0 amide bonds. The Labute approximate surface area is 125 Å². The SMILES string of the molecule is Cc1ccc2c(c1)C(O)C1Cc3c(C)ccc1c3C(O)C2. The van der Waals surface area contributed by atoms with Crippen LogP contribution in [0.25, 0.3) is 0 Å². The van der Waals surface area contributed by atoms with Crippen molar-refractivity contribution >= 4 is 0 Å². The number of rotatable bonds is 0. The van der Waals surface area contributed by atoms with E-state index in [-0.39, 0.29) is 5.92 Å². The summed E-state index contributed by atoms with van der Waals surface area (Å²) in [6.07, 6.45) is 0.483. The number of aryl methyl sites for hydroxylation is 2. The Morgan fingerprint density at radius 1 is 0.952 bits per heavy atom. The molecule has 0 radical (unpaired) electrons. The second-order valence-corrected chi connectivity index (χ2v) is 6.54. The van der Waals surface area contributed by atoms with E-state index < -0.39 is 12.2 Å².